The highest BCUT2D eigenvalue weighted by atomic mass is 16.5. The molecule has 1 saturated carbocycles. The van der Waals surface area contributed by atoms with Gasteiger partial charge in [0.15, 0.2) is 0 Å². The van der Waals surface area contributed by atoms with E-state index in [1.54, 1.807) is 0 Å². The molecule has 2 fully saturated rings. The Morgan fingerprint density at radius 3 is 2.64 bits per heavy atom. The summed E-state index contributed by atoms with van der Waals surface area (Å²) in [5.41, 5.74) is 8.23. The molecule has 1 N–H and O–H groups in total. The monoisotopic (exact) mass is 492 g/mol. The normalized spacial score (nSPS) is 20.6. The van der Waals surface area contributed by atoms with Gasteiger partial charge in [-0.1, -0.05) is 57.7 Å². The highest BCUT2D eigenvalue weighted by Gasteiger charge is 2.28. The first-order valence-electron chi connectivity index (χ1n) is 14.5. The molecule has 36 heavy (non-hydrogen) atoms. The first kappa shape index (κ1) is 26.9. The summed E-state index contributed by atoms with van der Waals surface area (Å²) in [6, 6.07) is 7.80. The first-order chi connectivity index (χ1) is 17.6. The summed E-state index contributed by atoms with van der Waals surface area (Å²) < 4.78 is 5.56. The molecule has 4 rings (SSSR count). The van der Waals surface area contributed by atoms with Gasteiger partial charge in [0.1, 0.15) is 5.82 Å². The van der Waals surface area contributed by atoms with Gasteiger partial charge in [0.05, 0.1) is 13.2 Å². The van der Waals surface area contributed by atoms with Gasteiger partial charge in [0.2, 0.25) is 0 Å². The van der Waals surface area contributed by atoms with Crippen molar-refractivity contribution in [2.24, 2.45) is 4.99 Å². The number of morpholine rings is 1. The fraction of sp³-hybridized carbons (Fsp3) is 0.645. The molecule has 1 aromatic rings. The number of nitrogens with zero attached hydrogens (tertiary/aromatic N) is 3. The largest absolute Gasteiger partial charge is 0.379 e. The molecule has 1 saturated heterocycles. The molecule has 0 amide bonds. The molecule has 1 aliphatic carbocycles. The van der Waals surface area contributed by atoms with Crippen LogP contribution in [-0.2, 0) is 17.8 Å². The summed E-state index contributed by atoms with van der Waals surface area (Å²) in [5.74, 6) is 1.05. The predicted octanol–water partition coefficient (Wildman–Crippen LogP) is 6.50. The van der Waals surface area contributed by atoms with E-state index in [2.05, 4.69) is 67.2 Å². The lowest BCUT2D eigenvalue weighted by molar-refractivity contribution is 0.0342. The Bertz CT molecular complexity index is 951. The zero-order chi connectivity index (χ0) is 25.3. The second kappa shape index (κ2) is 13.4. The van der Waals surface area contributed by atoms with Crippen LogP contribution in [0.5, 0.6) is 0 Å². The maximum absolute atomic E-state index is 5.56. The highest BCUT2D eigenvalue weighted by molar-refractivity contribution is 6.12. The molecular formula is C31H48N4O. The molecule has 2 heterocycles. The minimum atomic E-state index is 0.647. The topological polar surface area (TPSA) is 40.1 Å². The van der Waals surface area contributed by atoms with E-state index in [4.69, 9.17) is 9.73 Å². The summed E-state index contributed by atoms with van der Waals surface area (Å²) in [4.78, 5) is 10.3. The van der Waals surface area contributed by atoms with Crippen LogP contribution in [0.25, 0.3) is 5.57 Å². The molecule has 198 valence electrons. The van der Waals surface area contributed by atoms with Crippen LogP contribution in [-0.4, -0.2) is 54.9 Å². The van der Waals surface area contributed by atoms with Crippen LogP contribution >= 0.6 is 0 Å². The van der Waals surface area contributed by atoms with Gasteiger partial charge in [0, 0.05) is 56.3 Å². The molecular weight excluding hydrogens is 444 g/mol. The Morgan fingerprint density at radius 2 is 1.92 bits per heavy atom. The summed E-state index contributed by atoms with van der Waals surface area (Å²) in [5, 5.41) is 3.61. The average molecular weight is 493 g/mol. The lowest BCUT2D eigenvalue weighted by atomic mass is 9.88. The van der Waals surface area contributed by atoms with Crippen molar-refractivity contribution >= 4 is 11.8 Å². The standard InChI is InChI=1S/C31H48N4O/c1-5-7-15-32-31(24(3)6-2)33-21-30-25(4)35(28-11-9-8-10-12-28)23-27-20-26(13-14-29(27)30)22-34-16-18-36-19-17-34/h13-14,20-21,28,32H,5-12,15-19,22-23H2,1-4H3/b31-24+,33-21-. The molecule has 5 heteroatoms. The van der Waals surface area contributed by atoms with E-state index < -0.39 is 0 Å². The van der Waals surface area contributed by atoms with Gasteiger partial charge in [-0.2, -0.15) is 0 Å². The Labute approximate surface area is 219 Å². The second-order valence-electron chi connectivity index (χ2n) is 10.8. The Kier molecular flexibility index (Phi) is 10.1. The van der Waals surface area contributed by atoms with Crippen LogP contribution in [0.4, 0.5) is 0 Å². The number of benzene rings is 1. The van der Waals surface area contributed by atoms with Gasteiger partial charge >= 0.3 is 0 Å². The van der Waals surface area contributed by atoms with E-state index in [9.17, 15) is 0 Å². The maximum Gasteiger partial charge on any atom is 0.124 e. The van der Waals surface area contributed by atoms with Gasteiger partial charge in [-0.05, 0) is 61.8 Å². The molecule has 0 unspecified atom stereocenters. The predicted molar refractivity (Wildman–Crippen MR) is 152 cm³/mol. The van der Waals surface area contributed by atoms with Crippen molar-refractivity contribution in [1.82, 2.24) is 15.1 Å². The van der Waals surface area contributed by atoms with Crippen molar-refractivity contribution in [3.63, 3.8) is 0 Å². The molecule has 5 nitrogen and oxygen atoms in total. The lowest BCUT2D eigenvalue weighted by Crippen LogP contribution is -2.38. The third-order valence-corrected chi connectivity index (χ3v) is 8.23. The van der Waals surface area contributed by atoms with E-state index in [1.165, 1.54) is 78.5 Å². The number of hydrogen-bond acceptors (Lipinski definition) is 5. The molecule has 0 spiro atoms. The summed E-state index contributed by atoms with van der Waals surface area (Å²) in [7, 11) is 0. The zero-order valence-electron chi connectivity index (χ0n) is 23.2. The summed E-state index contributed by atoms with van der Waals surface area (Å²) >= 11 is 0. The van der Waals surface area contributed by atoms with Crippen molar-refractivity contribution in [2.75, 3.05) is 32.8 Å². The van der Waals surface area contributed by atoms with Crippen LogP contribution in [0.2, 0.25) is 0 Å². The Balaban J connectivity index is 1.64. The minimum absolute atomic E-state index is 0.647. The second-order valence-corrected chi connectivity index (χ2v) is 10.8. The van der Waals surface area contributed by atoms with Crippen LogP contribution in [0, 0.1) is 0 Å². The highest BCUT2D eigenvalue weighted by Crippen LogP contribution is 2.36. The molecule has 3 aliphatic rings. The van der Waals surface area contributed by atoms with Crippen molar-refractivity contribution in [2.45, 2.75) is 98.2 Å². The van der Waals surface area contributed by atoms with Crippen LogP contribution in [0.15, 0.2) is 40.3 Å². The SMILES string of the molecule is CCCCNC(/N=C\C1=C(C)N(C2CCCCC2)Cc2cc(CN3CCOCC3)ccc21)=C(/C)CC. The average Bonchev–Trinajstić information content (AvgIpc) is 2.92. The molecule has 0 radical (unpaired) electrons. The van der Waals surface area contributed by atoms with E-state index in [0.717, 1.165) is 58.2 Å². The zero-order valence-corrected chi connectivity index (χ0v) is 23.2. The van der Waals surface area contributed by atoms with E-state index in [-0.39, 0.29) is 0 Å². The lowest BCUT2D eigenvalue weighted by Gasteiger charge is -2.41. The first-order valence-corrected chi connectivity index (χ1v) is 14.5. The van der Waals surface area contributed by atoms with Gasteiger partial charge in [-0.25, -0.2) is 4.99 Å². The number of aliphatic imine (C=N–C) groups is 1. The number of nitrogens with one attached hydrogen (secondary N) is 1. The fourth-order valence-corrected chi connectivity index (χ4v) is 5.75. The van der Waals surface area contributed by atoms with Gasteiger partial charge in [0.25, 0.3) is 0 Å². The minimum Gasteiger partial charge on any atom is -0.379 e. The summed E-state index contributed by atoms with van der Waals surface area (Å²) in [6.45, 7) is 15.7. The molecule has 0 atom stereocenters. The van der Waals surface area contributed by atoms with Crippen LogP contribution < -0.4 is 5.32 Å². The van der Waals surface area contributed by atoms with E-state index >= 15 is 0 Å². The Morgan fingerprint density at radius 1 is 1.14 bits per heavy atom. The number of rotatable bonds is 10. The number of allylic oxidation sites excluding steroid dienone is 3. The number of hydrogen-bond donors (Lipinski definition) is 1. The van der Waals surface area contributed by atoms with Crippen LogP contribution in [0.1, 0.15) is 95.8 Å². The van der Waals surface area contributed by atoms with E-state index in [1.807, 2.05) is 0 Å². The quantitative estimate of drug-likeness (QED) is 0.299. The fourth-order valence-electron chi connectivity index (χ4n) is 5.75. The van der Waals surface area contributed by atoms with Gasteiger partial charge in [-0.15, -0.1) is 0 Å². The molecule has 1 aromatic carbocycles. The smallest absolute Gasteiger partial charge is 0.124 e. The van der Waals surface area contributed by atoms with Crippen molar-refractivity contribution in [1.29, 1.82) is 0 Å². The van der Waals surface area contributed by atoms with Gasteiger partial charge < -0.3 is 15.0 Å². The van der Waals surface area contributed by atoms with Crippen LogP contribution in [0.3, 0.4) is 0 Å². The molecule has 0 bridgehead atoms. The number of unbranched alkanes of at least 4 members (excludes halogenated alkanes) is 1. The number of ether oxygens (including phenoxy) is 1. The maximum atomic E-state index is 5.56. The Hall–Kier alpha value is -2.11. The third-order valence-electron chi connectivity index (χ3n) is 8.23. The molecule has 2 aliphatic heterocycles. The third kappa shape index (κ3) is 6.80. The number of fused-ring (bicyclic) bond motifs is 1. The molecule has 0 aromatic heterocycles. The van der Waals surface area contributed by atoms with Crippen molar-refractivity contribution in [3.05, 3.63) is 52.0 Å². The van der Waals surface area contributed by atoms with E-state index in [0.29, 0.717) is 6.04 Å². The van der Waals surface area contributed by atoms with Crippen molar-refractivity contribution < 1.29 is 4.74 Å². The summed E-state index contributed by atoms with van der Waals surface area (Å²) in [6.07, 6.45) is 12.2. The van der Waals surface area contributed by atoms with Crippen molar-refractivity contribution in [3.8, 4) is 0 Å². The van der Waals surface area contributed by atoms with Gasteiger partial charge in [-0.3, -0.25) is 4.90 Å².